The zero-order valence-electron chi connectivity index (χ0n) is 12.6. The SMILES string of the molecule is CCC(C)NC(=O)c1ccc(N2CCC(C)CC2)nn1. The van der Waals surface area contributed by atoms with Crippen LogP contribution in [0.2, 0.25) is 0 Å². The van der Waals surface area contributed by atoms with Crippen molar-refractivity contribution in [3.63, 3.8) is 0 Å². The topological polar surface area (TPSA) is 58.1 Å². The van der Waals surface area contributed by atoms with E-state index in [1.165, 1.54) is 12.8 Å². The maximum Gasteiger partial charge on any atom is 0.272 e. The molecule has 0 spiro atoms. The quantitative estimate of drug-likeness (QED) is 0.916. The van der Waals surface area contributed by atoms with Crippen LogP contribution in [0.15, 0.2) is 12.1 Å². The van der Waals surface area contributed by atoms with Gasteiger partial charge in [-0.3, -0.25) is 4.79 Å². The van der Waals surface area contributed by atoms with Crippen molar-refractivity contribution in [3.8, 4) is 0 Å². The minimum absolute atomic E-state index is 0.148. The normalized spacial score (nSPS) is 17.9. The van der Waals surface area contributed by atoms with Crippen LogP contribution in [0.3, 0.4) is 0 Å². The molecule has 0 saturated carbocycles. The molecule has 1 atom stereocenters. The molecular formula is C15H24N4O. The van der Waals surface area contributed by atoms with Crippen LogP contribution in [0.4, 0.5) is 5.82 Å². The van der Waals surface area contributed by atoms with Crippen molar-refractivity contribution in [2.75, 3.05) is 18.0 Å². The van der Waals surface area contributed by atoms with Gasteiger partial charge in [-0.05, 0) is 44.2 Å². The van der Waals surface area contributed by atoms with E-state index in [0.29, 0.717) is 5.69 Å². The van der Waals surface area contributed by atoms with E-state index in [-0.39, 0.29) is 11.9 Å². The summed E-state index contributed by atoms with van der Waals surface area (Å²) >= 11 is 0. The van der Waals surface area contributed by atoms with Gasteiger partial charge in [0.05, 0.1) is 0 Å². The molecule has 1 N–H and O–H groups in total. The fourth-order valence-electron chi connectivity index (χ4n) is 2.25. The first-order valence-electron chi connectivity index (χ1n) is 7.49. The van der Waals surface area contributed by atoms with Gasteiger partial charge >= 0.3 is 0 Å². The van der Waals surface area contributed by atoms with Crippen molar-refractivity contribution in [3.05, 3.63) is 17.8 Å². The molecule has 5 heteroatoms. The monoisotopic (exact) mass is 276 g/mol. The molecule has 1 fully saturated rings. The Hall–Kier alpha value is -1.65. The highest BCUT2D eigenvalue weighted by Gasteiger charge is 2.18. The number of nitrogens with zero attached hydrogens (tertiary/aromatic N) is 3. The summed E-state index contributed by atoms with van der Waals surface area (Å²) in [6.07, 6.45) is 3.29. The molecule has 1 saturated heterocycles. The molecule has 110 valence electrons. The first-order valence-corrected chi connectivity index (χ1v) is 7.49. The lowest BCUT2D eigenvalue weighted by Gasteiger charge is -2.30. The van der Waals surface area contributed by atoms with Gasteiger partial charge in [0.25, 0.3) is 5.91 Å². The van der Waals surface area contributed by atoms with Crippen molar-refractivity contribution >= 4 is 11.7 Å². The molecule has 1 aromatic rings. The van der Waals surface area contributed by atoms with E-state index in [4.69, 9.17) is 0 Å². The molecule has 1 aliphatic rings. The van der Waals surface area contributed by atoms with Gasteiger partial charge in [-0.2, -0.15) is 0 Å². The molecule has 0 bridgehead atoms. The van der Waals surface area contributed by atoms with Crippen molar-refractivity contribution in [1.82, 2.24) is 15.5 Å². The lowest BCUT2D eigenvalue weighted by Crippen LogP contribution is -2.34. The Balaban J connectivity index is 1.97. The average Bonchev–Trinajstić information content (AvgIpc) is 2.48. The summed E-state index contributed by atoms with van der Waals surface area (Å²) in [6, 6.07) is 3.82. The predicted molar refractivity (Wildman–Crippen MR) is 79.9 cm³/mol. The number of hydrogen-bond donors (Lipinski definition) is 1. The van der Waals surface area contributed by atoms with Gasteiger partial charge in [0.2, 0.25) is 0 Å². The number of hydrogen-bond acceptors (Lipinski definition) is 4. The highest BCUT2D eigenvalue weighted by Crippen LogP contribution is 2.20. The fraction of sp³-hybridized carbons (Fsp3) is 0.667. The minimum Gasteiger partial charge on any atom is -0.355 e. The zero-order valence-corrected chi connectivity index (χ0v) is 12.6. The van der Waals surface area contributed by atoms with Crippen LogP contribution in [0, 0.1) is 5.92 Å². The molecule has 2 rings (SSSR count). The van der Waals surface area contributed by atoms with Crippen LogP contribution in [-0.2, 0) is 0 Å². The summed E-state index contributed by atoms with van der Waals surface area (Å²) in [4.78, 5) is 14.2. The summed E-state index contributed by atoms with van der Waals surface area (Å²) < 4.78 is 0. The molecule has 1 aliphatic heterocycles. The first-order chi connectivity index (χ1) is 9.60. The number of aromatic nitrogens is 2. The average molecular weight is 276 g/mol. The number of carbonyl (C=O) groups excluding carboxylic acids is 1. The van der Waals surface area contributed by atoms with E-state index in [1.807, 2.05) is 19.9 Å². The van der Waals surface area contributed by atoms with Crippen LogP contribution < -0.4 is 10.2 Å². The number of rotatable bonds is 4. The number of piperidine rings is 1. The van der Waals surface area contributed by atoms with Gasteiger partial charge in [0.1, 0.15) is 0 Å². The highest BCUT2D eigenvalue weighted by molar-refractivity contribution is 5.92. The zero-order chi connectivity index (χ0) is 14.5. The second kappa shape index (κ2) is 6.68. The maximum absolute atomic E-state index is 11.9. The summed E-state index contributed by atoms with van der Waals surface area (Å²) in [5, 5.41) is 11.1. The Bertz CT molecular complexity index is 438. The van der Waals surface area contributed by atoms with Gasteiger partial charge in [0, 0.05) is 19.1 Å². The Kier molecular flexibility index (Phi) is 4.93. The molecule has 5 nitrogen and oxygen atoms in total. The van der Waals surface area contributed by atoms with Gasteiger partial charge in [0.15, 0.2) is 11.5 Å². The largest absolute Gasteiger partial charge is 0.355 e. The lowest BCUT2D eigenvalue weighted by molar-refractivity contribution is 0.0933. The molecule has 0 aliphatic carbocycles. The van der Waals surface area contributed by atoms with E-state index >= 15 is 0 Å². The first kappa shape index (κ1) is 14.8. The second-order valence-corrected chi connectivity index (χ2v) is 5.73. The Morgan fingerprint density at radius 1 is 1.40 bits per heavy atom. The van der Waals surface area contributed by atoms with Crippen LogP contribution in [0.25, 0.3) is 0 Å². The van der Waals surface area contributed by atoms with E-state index < -0.39 is 0 Å². The second-order valence-electron chi connectivity index (χ2n) is 5.73. The van der Waals surface area contributed by atoms with Crippen LogP contribution in [0.1, 0.15) is 50.5 Å². The molecule has 0 radical (unpaired) electrons. The Morgan fingerprint density at radius 3 is 2.65 bits per heavy atom. The Morgan fingerprint density at radius 2 is 2.10 bits per heavy atom. The summed E-state index contributed by atoms with van der Waals surface area (Å²) in [5.74, 6) is 1.52. The maximum atomic E-state index is 11.9. The van der Waals surface area contributed by atoms with Crippen molar-refractivity contribution in [2.45, 2.75) is 46.1 Å². The molecule has 20 heavy (non-hydrogen) atoms. The van der Waals surface area contributed by atoms with Crippen molar-refractivity contribution in [2.24, 2.45) is 5.92 Å². The third-order valence-electron chi connectivity index (χ3n) is 3.98. The molecule has 0 aromatic carbocycles. The molecule has 1 aromatic heterocycles. The van der Waals surface area contributed by atoms with Crippen molar-refractivity contribution in [1.29, 1.82) is 0 Å². The lowest BCUT2D eigenvalue weighted by atomic mass is 9.99. The summed E-state index contributed by atoms with van der Waals surface area (Å²) in [6.45, 7) is 8.35. The Labute approximate surface area is 120 Å². The third kappa shape index (κ3) is 3.68. The van der Waals surface area contributed by atoms with Gasteiger partial charge in [-0.25, -0.2) is 0 Å². The molecule has 1 unspecified atom stereocenters. The van der Waals surface area contributed by atoms with Gasteiger partial charge in [-0.1, -0.05) is 13.8 Å². The van der Waals surface area contributed by atoms with E-state index in [1.54, 1.807) is 6.07 Å². The van der Waals surface area contributed by atoms with Gasteiger partial charge in [-0.15, -0.1) is 10.2 Å². The minimum atomic E-state index is -0.148. The number of carbonyl (C=O) groups is 1. The highest BCUT2D eigenvalue weighted by atomic mass is 16.2. The van der Waals surface area contributed by atoms with Crippen molar-refractivity contribution < 1.29 is 4.79 Å². The summed E-state index contributed by atoms with van der Waals surface area (Å²) in [5.41, 5.74) is 0.388. The summed E-state index contributed by atoms with van der Waals surface area (Å²) in [7, 11) is 0. The molecular weight excluding hydrogens is 252 g/mol. The van der Waals surface area contributed by atoms with Gasteiger partial charge < -0.3 is 10.2 Å². The van der Waals surface area contributed by atoms with Crippen LogP contribution >= 0.6 is 0 Å². The third-order valence-corrected chi connectivity index (χ3v) is 3.98. The standard InChI is InChI=1S/C15H24N4O/c1-4-12(3)16-15(20)13-5-6-14(18-17-13)19-9-7-11(2)8-10-19/h5-6,11-12H,4,7-10H2,1-3H3,(H,16,20). The number of nitrogens with one attached hydrogen (secondary N) is 1. The molecule has 2 heterocycles. The van der Waals surface area contributed by atoms with E-state index in [0.717, 1.165) is 31.2 Å². The van der Waals surface area contributed by atoms with E-state index in [2.05, 4.69) is 27.3 Å². The van der Waals surface area contributed by atoms with Crippen LogP contribution in [-0.4, -0.2) is 35.2 Å². The predicted octanol–water partition coefficient (Wildman–Crippen LogP) is 2.24. The van der Waals surface area contributed by atoms with Crippen LogP contribution in [0.5, 0.6) is 0 Å². The smallest absolute Gasteiger partial charge is 0.272 e. The van der Waals surface area contributed by atoms with E-state index in [9.17, 15) is 4.79 Å². The number of amides is 1. The molecule has 1 amide bonds. The fourth-order valence-corrected chi connectivity index (χ4v) is 2.25. The number of anilines is 1.